The molecule has 14 heavy (non-hydrogen) atoms. The van der Waals surface area contributed by atoms with Gasteiger partial charge in [-0.25, -0.2) is 8.42 Å². The van der Waals surface area contributed by atoms with Crippen molar-refractivity contribution in [1.82, 2.24) is 9.23 Å². The molecule has 0 saturated heterocycles. The quantitative estimate of drug-likeness (QED) is 0.770. The first-order chi connectivity index (χ1) is 6.63. The first kappa shape index (κ1) is 9.51. The van der Waals surface area contributed by atoms with Crippen LogP contribution < -0.4 is 4.24 Å². The largest absolute Gasteiger partial charge is 0.344 e. The van der Waals surface area contributed by atoms with Crippen molar-refractivity contribution in [2.24, 2.45) is 0 Å². The van der Waals surface area contributed by atoms with Crippen LogP contribution in [0.15, 0.2) is 35.4 Å². The lowest BCUT2D eigenvalue weighted by Crippen LogP contribution is -2.13. The number of halogens is 1. The Balaban J connectivity index is 2.67. The summed E-state index contributed by atoms with van der Waals surface area (Å²) in [7, 11) is -3.60. The van der Waals surface area contributed by atoms with E-state index < -0.39 is 10.0 Å². The molecule has 1 heterocycles. The number of H-pyrrole nitrogens is 1. The van der Waals surface area contributed by atoms with Crippen LogP contribution in [0.5, 0.6) is 0 Å². The molecule has 1 aromatic carbocycles. The van der Waals surface area contributed by atoms with Gasteiger partial charge in [-0.05, 0) is 23.9 Å². The average molecular weight is 231 g/mol. The van der Waals surface area contributed by atoms with Gasteiger partial charge in [-0.15, -0.1) is 4.24 Å². The van der Waals surface area contributed by atoms with Gasteiger partial charge in [0, 0.05) is 10.9 Å². The van der Waals surface area contributed by atoms with Crippen molar-refractivity contribution in [2.75, 3.05) is 0 Å². The zero-order chi connectivity index (χ0) is 10.2. The number of aromatic amines is 1. The summed E-state index contributed by atoms with van der Waals surface area (Å²) in [5.74, 6) is 0. The minimum absolute atomic E-state index is 0.0636. The van der Waals surface area contributed by atoms with E-state index in [2.05, 4.69) is 4.98 Å². The maximum Gasteiger partial charge on any atom is 0.269 e. The number of aromatic nitrogens is 1. The highest BCUT2D eigenvalue weighted by Gasteiger charge is 2.14. The second-order valence-electron chi connectivity index (χ2n) is 2.80. The van der Waals surface area contributed by atoms with E-state index in [4.69, 9.17) is 11.8 Å². The van der Waals surface area contributed by atoms with E-state index in [9.17, 15) is 8.42 Å². The van der Waals surface area contributed by atoms with Gasteiger partial charge in [-0.1, -0.05) is 18.2 Å². The number of nitrogens with one attached hydrogen (secondary N) is 2. The molecule has 0 aliphatic rings. The van der Waals surface area contributed by atoms with Crippen LogP contribution in [0.3, 0.4) is 0 Å². The van der Waals surface area contributed by atoms with E-state index in [0.717, 1.165) is 10.9 Å². The molecule has 2 aromatic rings. The van der Waals surface area contributed by atoms with Crippen LogP contribution in [-0.4, -0.2) is 13.4 Å². The second-order valence-corrected chi connectivity index (χ2v) is 4.87. The predicted octanol–water partition coefficient (Wildman–Crippen LogP) is 1.60. The monoisotopic (exact) mass is 230 g/mol. The van der Waals surface area contributed by atoms with Crippen LogP contribution in [-0.2, 0) is 10.0 Å². The van der Waals surface area contributed by atoms with Crippen LogP contribution in [0.2, 0.25) is 0 Å². The van der Waals surface area contributed by atoms with Gasteiger partial charge in [0.15, 0.2) is 0 Å². The highest BCUT2D eigenvalue weighted by Crippen LogP contribution is 2.17. The van der Waals surface area contributed by atoms with Crippen LogP contribution in [0.25, 0.3) is 10.9 Å². The van der Waals surface area contributed by atoms with E-state index in [1.165, 1.54) is 6.07 Å². The van der Waals surface area contributed by atoms with E-state index in [-0.39, 0.29) is 5.03 Å². The lowest BCUT2D eigenvalue weighted by molar-refractivity contribution is 0.591. The number of para-hydroxylation sites is 1. The maximum absolute atomic E-state index is 11.3. The lowest BCUT2D eigenvalue weighted by Gasteiger charge is -1.94. The summed E-state index contributed by atoms with van der Waals surface area (Å²) in [4.78, 5) is 2.75. The molecule has 4 nitrogen and oxygen atoms in total. The van der Waals surface area contributed by atoms with Gasteiger partial charge in [-0.2, -0.15) is 0 Å². The van der Waals surface area contributed by atoms with Gasteiger partial charge in [0.2, 0.25) is 0 Å². The van der Waals surface area contributed by atoms with E-state index in [1.54, 1.807) is 10.3 Å². The molecule has 0 atom stereocenters. The standard InChI is InChI=1S/C8H7ClN2O2S/c9-11-14(12,13)8-5-6-3-1-2-4-7(6)10-8/h1-5,10-11H. The molecule has 0 aliphatic heterocycles. The fourth-order valence-electron chi connectivity index (χ4n) is 1.23. The smallest absolute Gasteiger partial charge is 0.269 e. The Kier molecular flexibility index (Phi) is 2.22. The zero-order valence-electron chi connectivity index (χ0n) is 6.99. The topological polar surface area (TPSA) is 62.0 Å². The summed E-state index contributed by atoms with van der Waals surface area (Å²) in [5, 5.41) is 0.895. The van der Waals surface area contributed by atoms with E-state index >= 15 is 0 Å². The van der Waals surface area contributed by atoms with Crippen molar-refractivity contribution in [3.63, 3.8) is 0 Å². The Hall–Kier alpha value is -1.04. The molecule has 0 fully saturated rings. The molecular formula is C8H7ClN2O2S. The number of sulfonamides is 1. The van der Waals surface area contributed by atoms with E-state index in [0.29, 0.717) is 0 Å². The van der Waals surface area contributed by atoms with Gasteiger partial charge in [0.1, 0.15) is 5.03 Å². The molecule has 0 unspecified atom stereocenters. The van der Waals surface area contributed by atoms with Crippen LogP contribution in [0.4, 0.5) is 0 Å². The van der Waals surface area contributed by atoms with Crippen LogP contribution >= 0.6 is 11.8 Å². The number of hydrogen-bond donors (Lipinski definition) is 2. The Morgan fingerprint density at radius 1 is 1.29 bits per heavy atom. The number of rotatable bonds is 2. The first-order valence-corrected chi connectivity index (χ1v) is 5.70. The maximum atomic E-state index is 11.3. The third-order valence-corrected chi connectivity index (χ3v) is 3.51. The Morgan fingerprint density at radius 2 is 2.00 bits per heavy atom. The van der Waals surface area contributed by atoms with Gasteiger partial charge in [0.05, 0.1) is 0 Å². The molecule has 1 aromatic heterocycles. The van der Waals surface area contributed by atoms with Gasteiger partial charge in [0.25, 0.3) is 10.0 Å². The summed E-state index contributed by atoms with van der Waals surface area (Å²) in [5.41, 5.74) is 0.762. The average Bonchev–Trinajstić information content (AvgIpc) is 2.61. The highest BCUT2D eigenvalue weighted by molar-refractivity contribution is 7.90. The first-order valence-electron chi connectivity index (χ1n) is 3.84. The van der Waals surface area contributed by atoms with Gasteiger partial charge in [-0.3, -0.25) is 0 Å². The van der Waals surface area contributed by atoms with Gasteiger partial charge < -0.3 is 4.98 Å². The minimum atomic E-state index is -3.60. The summed E-state index contributed by atoms with van der Waals surface area (Å²) in [6.07, 6.45) is 0. The molecular weight excluding hydrogens is 224 g/mol. The number of benzene rings is 1. The fourth-order valence-corrected chi connectivity index (χ4v) is 2.09. The van der Waals surface area contributed by atoms with Gasteiger partial charge >= 0.3 is 0 Å². The summed E-state index contributed by atoms with van der Waals surface area (Å²) >= 11 is 5.10. The van der Waals surface area contributed by atoms with Crippen molar-refractivity contribution in [2.45, 2.75) is 5.03 Å². The Labute approximate surface area is 86.0 Å². The van der Waals surface area contributed by atoms with Crippen molar-refractivity contribution >= 4 is 32.7 Å². The van der Waals surface area contributed by atoms with Crippen LogP contribution in [0, 0.1) is 0 Å². The highest BCUT2D eigenvalue weighted by atomic mass is 35.5. The third kappa shape index (κ3) is 1.50. The molecule has 74 valence electrons. The third-order valence-electron chi connectivity index (χ3n) is 1.90. The molecule has 0 amide bonds. The summed E-state index contributed by atoms with van der Waals surface area (Å²) < 4.78 is 24.3. The summed E-state index contributed by atoms with van der Waals surface area (Å²) in [6.45, 7) is 0. The normalized spacial score (nSPS) is 12.1. The molecule has 0 saturated carbocycles. The van der Waals surface area contributed by atoms with Crippen molar-refractivity contribution < 1.29 is 8.42 Å². The number of fused-ring (bicyclic) bond motifs is 1. The molecule has 2 N–H and O–H groups in total. The molecule has 0 radical (unpaired) electrons. The minimum Gasteiger partial charge on any atom is -0.344 e. The van der Waals surface area contributed by atoms with Crippen LogP contribution in [0.1, 0.15) is 0 Å². The molecule has 0 spiro atoms. The lowest BCUT2D eigenvalue weighted by atomic mass is 10.3. The van der Waals surface area contributed by atoms with Crippen molar-refractivity contribution in [3.8, 4) is 0 Å². The van der Waals surface area contributed by atoms with Crippen molar-refractivity contribution in [3.05, 3.63) is 30.3 Å². The van der Waals surface area contributed by atoms with E-state index in [1.807, 2.05) is 18.2 Å². The molecule has 2 rings (SSSR count). The Morgan fingerprint density at radius 3 is 2.64 bits per heavy atom. The predicted molar refractivity (Wildman–Crippen MR) is 54.5 cm³/mol. The molecule has 0 bridgehead atoms. The van der Waals surface area contributed by atoms with Crippen molar-refractivity contribution in [1.29, 1.82) is 0 Å². The number of hydrogen-bond acceptors (Lipinski definition) is 2. The Bertz CT molecular complexity index is 528. The SMILES string of the molecule is O=S(=O)(NCl)c1cc2ccccc2[nH]1. The summed E-state index contributed by atoms with van der Waals surface area (Å²) in [6, 6.07) is 8.80. The molecule has 6 heteroatoms. The molecule has 0 aliphatic carbocycles. The fraction of sp³-hybridized carbons (Fsp3) is 0. The second kappa shape index (κ2) is 3.27. The zero-order valence-corrected chi connectivity index (χ0v) is 8.56.